The van der Waals surface area contributed by atoms with E-state index >= 15 is 0 Å². The van der Waals surface area contributed by atoms with Gasteiger partial charge in [0.25, 0.3) is 0 Å². The van der Waals surface area contributed by atoms with E-state index in [2.05, 4.69) is 15.9 Å². The summed E-state index contributed by atoms with van der Waals surface area (Å²) in [5, 5.41) is 10.4. The summed E-state index contributed by atoms with van der Waals surface area (Å²) >= 11 is 4.64. The molecule has 1 atom stereocenters. The average Bonchev–Trinajstić information content (AvgIpc) is 2.13. The minimum Gasteiger partial charge on any atom is -0.385 e. The van der Waals surface area contributed by atoms with E-state index in [1.54, 1.807) is 6.92 Å². The van der Waals surface area contributed by atoms with Crippen molar-refractivity contribution in [3.05, 3.63) is 34.3 Å². The van der Waals surface area contributed by atoms with Crippen LogP contribution < -0.4 is 0 Å². The molecule has 1 rings (SSSR count). The molecule has 0 heterocycles. The Morgan fingerprint density at radius 3 is 2.44 bits per heavy atom. The maximum absolute atomic E-state index is 11.9. The molecule has 0 saturated carbocycles. The van der Waals surface area contributed by atoms with Gasteiger partial charge in [-0.25, -0.2) is 0 Å². The molecule has 1 N–H and O–H groups in total. The van der Waals surface area contributed by atoms with Gasteiger partial charge in [0.15, 0.2) is 5.12 Å². The summed E-state index contributed by atoms with van der Waals surface area (Å²) in [7, 11) is 0. The largest absolute Gasteiger partial charge is 0.385 e. The zero-order valence-corrected chi connectivity index (χ0v) is 13.6. The summed E-state index contributed by atoms with van der Waals surface area (Å²) in [4.78, 5) is 11.9. The highest BCUT2D eigenvalue weighted by atomic mass is 79.9. The highest BCUT2D eigenvalue weighted by Crippen LogP contribution is 2.32. The first-order valence-electron chi connectivity index (χ1n) is 5.80. The molecule has 1 aromatic carbocycles. The number of halogens is 1. The standard InChI is InChI=1S/C14H19BrO2S/c1-13(2,3)18-12(16)9-14(4,17)10-6-5-7-11(15)8-10/h5-8,17H,9H2,1-4H3/t14-/m1/s1. The number of rotatable bonds is 3. The van der Waals surface area contributed by atoms with Gasteiger partial charge in [0.05, 0.1) is 5.60 Å². The Bertz CT molecular complexity index is 436. The molecular weight excluding hydrogens is 312 g/mol. The molecule has 2 nitrogen and oxygen atoms in total. The van der Waals surface area contributed by atoms with E-state index in [0.717, 1.165) is 10.0 Å². The van der Waals surface area contributed by atoms with Gasteiger partial charge in [-0.05, 0) is 24.6 Å². The van der Waals surface area contributed by atoms with Crippen LogP contribution in [-0.4, -0.2) is 15.0 Å². The molecule has 0 radical (unpaired) electrons. The predicted molar refractivity (Wildman–Crippen MR) is 80.7 cm³/mol. The quantitative estimate of drug-likeness (QED) is 0.906. The summed E-state index contributed by atoms with van der Waals surface area (Å²) in [6.45, 7) is 7.64. The Balaban J connectivity index is 2.79. The summed E-state index contributed by atoms with van der Waals surface area (Å²) in [5.74, 6) is 0. The Hall–Kier alpha value is -0.320. The minimum absolute atomic E-state index is 0.00692. The third-order valence-corrected chi connectivity index (χ3v) is 3.83. The van der Waals surface area contributed by atoms with Gasteiger partial charge in [0.2, 0.25) is 0 Å². The molecule has 0 bridgehead atoms. The lowest BCUT2D eigenvalue weighted by Crippen LogP contribution is -2.25. The van der Waals surface area contributed by atoms with Crippen molar-refractivity contribution in [3.63, 3.8) is 0 Å². The second kappa shape index (κ2) is 5.76. The Morgan fingerprint density at radius 1 is 1.33 bits per heavy atom. The van der Waals surface area contributed by atoms with Crippen LogP contribution >= 0.6 is 27.7 Å². The summed E-state index contributed by atoms with van der Waals surface area (Å²) in [6.07, 6.45) is 0.116. The van der Waals surface area contributed by atoms with E-state index in [1.165, 1.54) is 11.8 Å². The molecule has 0 aliphatic rings. The fourth-order valence-corrected chi connectivity index (χ4v) is 3.02. The minimum atomic E-state index is -1.13. The first-order valence-corrected chi connectivity index (χ1v) is 7.41. The fraction of sp³-hybridized carbons (Fsp3) is 0.500. The molecule has 4 heteroatoms. The van der Waals surface area contributed by atoms with Crippen molar-refractivity contribution in [2.24, 2.45) is 0 Å². The molecule has 0 aliphatic carbocycles. The molecular formula is C14H19BrO2S. The lowest BCUT2D eigenvalue weighted by Gasteiger charge is -2.25. The van der Waals surface area contributed by atoms with E-state index in [-0.39, 0.29) is 16.3 Å². The van der Waals surface area contributed by atoms with Crippen LogP contribution in [-0.2, 0) is 10.4 Å². The maximum atomic E-state index is 11.9. The van der Waals surface area contributed by atoms with Gasteiger partial charge in [-0.3, -0.25) is 4.79 Å². The first kappa shape index (κ1) is 15.7. The van der Waals surface area contributed by atoms with Crippen LogP contribution in [0.15, 0.2) is 28.7 Å². The molecule has 0 aliphatic heterocycles. The average molecular weight is 331 g/mol. The lowest BCUT2D eigenvalue weighted by atomic mass is 9.93. The smallest absolute Gasteiger partial charge is 0.192 e. The van der Waals surface area contributed by atoms with Gasteiger partial charge in [-0.2, -0.15) is 0 Å². The van der Waals surface area contributed by atoms with Crippen LogP contribution in [0.2, 0.25) is 0 Å². The Morgan fingerprint density at radius 2 is 1.94 bits per heavy atom. The second-order valence-electron chi connectivity index (χ2n) is 5.55. The van der Waals surface area contributed by atoms with Crippen molar-refractivity contribution in [1.29, 1.82) is 0 Å². The van der Waals surface area contributed by atoms with E-state index < -0.39 is 5.60 Å². The number of benzene rings is 1. The predicted octanol–water partition coefficient (Wildman–Crippen LogP) is 4.11. The summed E-state index contributed by atoms with van der Waals surface area (Å²) in [5.41, 5.74) is -0.376. The van der Waals surface area contributed by atoms with Crippen LogP contribution in [0.25, 0.3) is 0 Å². The zero-order valence-electron chi connectivity index (χ0n) is 11.2. The van der Waals surface area contributed by atoms with Crippen LogP contribution in [0, 0.1) is 0 Å². The van der Waals surface area contributed by atoms with Crippen molar-refractivity contribution in [1.82, 2.24) is 0 Å². The molecule has 0 spiro atoms. The van der Waals surface area contributed by atoms with Gasteiger partial charge >= 0.3 is 0 Å². The van der Waals surface area contributed by atoms with Crippen molar-refractivity contribution in [2.45, 2.75) is 44.5 Å². The number of carbonyl (C=O) groups excluding carboxylic acids is 1. The molecule has 0 saturated heterocycles. The summed E-state index contributed by atoms with van der Waals surface area (Å²) < 4.78 is 0.779. The van der Waals surface area contributed by atoms with Crippen LogP contribution in [0.4, 0.5) is 0 Å². The number of carbonyl (C=O) groups is 1. The highest BCUT2D eigenvalue weighted by molar-refractivity contribution is 9.10. The fourth-order valence-electron chi connectivity index (χ4n) is 1.58. The van der Waals surface area contributed by atoms with E-state index in [4.69, 9.17) is 0 Å². The van der Waals surface area contributed by atoms with Crippen LogP contribution in [0.1, 0.15) is 39.7 Å². The third kappa shape index (κ3) is 5.12. The van der Waals surface area contributed by atoms with Gasteiger partial charge in [0, 0.05) is 15.6 Å². The first-order chi connectivity index (χ1) is 8.10. The van der Waals surface area contributed by atoms with Crippen molar-refractivity contribution in [3.8, 4) is 0 Å². The third-order valence-electron chi connectivity index (χ3n) is 2.36. The molecule has 18 heavy (non-hydrogen) atoms. The molecule has 0 unspecified atom stereocenters. The SMILES string of the molecule is CC(C)(C)SC(=O)C[C@@](C)(O)c1cccc(Br)c1. The number of aliphatic hydroxyl groups is 1. The normalized spacial score (nSPS) is 15.2. The van der Waals surface area contributed by atoms with Gasteiger partial charge < -0.3 is 5.11 Å². The monoisotopic (exact) mass is 330 g/mol. The van der Waals surface area contributed by atoms with Crippen molar-refractivity contribution in [2.75, 3.05) is 0 Å². The van der Waals surface area contributed by atoms with Crippen molar-refractivity contribution < 1.29 is 9.90 Å². The van der Waals surface area contributed by atoms with Gasteiger partial charge in [0.1, 0.15) is 0 Å². The topological polar surface area (TPSA) is 37.3 Å². The number of hydrogen-bond donors (Lipinski definition) is 1. The van der Waals surface area contributed by atoms with Crippen LogP contribution in [0.3, 0.4) is 0 Å². The van der Waals surface area contributed by atoms with Gasteiger partial charge in [-0.15, -0.1) is 0 Å². The molecule has 100 valence electrons. The molecule has 0 amide bonds. The van der Waals surface area contributed by atoms with E-state index in [0.29, 0.717) is 0 Å². The molecule has 0 fully saturated rings. The maximum Gasteiger partial charge on any atom is 0.192 e. The lowest BCUT2D eigenvalue weighted by molar-refractivity contribution is -0.115. The molecule has 1 aromatic rings. The Labute approximate surface area is 121 Å². The number of hydrogen-bond acceptors (Lipinski definition) is 3. The molecule has 0 aromatic heterocycles. The summed E-state index contributed by atoms with van der Waals surface area (Å²) in [6, 6.07) is 7.43. The van der Waals surface area contributed by atoms with Crippen LogP contribution in [0.5, 0.6) is 0 Å². The van der Waals surface area contributed by atoms with Crippen molar-refractivity contribution >= 4 is 32.8 Å². The van der Waals surface area contributed by atoms with Gasteiger partial charge in [-0.1, -0.05) is 60.6 Å². The van der Waals surface area contributed by atoms with E-state index in [9.17, 15) is 9.90 Å². The number of thioether (sulfide) groups is 1. The zero-order chi connectivity index (χ0) is 14.0. The Kier molecular flexibility index (Phi) is 5.04. The second-order valence-corrected chi connectivity index (χ2v) is 8.35. The highest BCUT2D eigenvalue weighted by Gasteiger charge is 2.29. The van der Waals surface area contributed by atoms with E-state index in [1.807, 2.05) is 45.0 Å².